The molecular weight excluding hydrogens is 361 g/mol. The van der Waals surface area contributed by atoms with Gasteiger partial charge >= 0.3 is 12.1 Å². The Morgan fingerprint density at radius 2 is 1.64 bits per heavy atom. The van der Waals surface area contributed by atoms with Crippen LogP contribution in [0.25, 0.3) is 0 Å². The molecule has 0 aliphatic carbocycles. The van der Waals surface area contributed by atoms with Crippen LogP contribution in [0.3, 0.4) is 0 Å². The normalized spacial score (nSPS) is 12.5. The van der Waals surface area contributed by atoms with E-state index in [1.165, 1.54) is 11.0 Å². The molecule has 1 aromatic carbocycles. The number of rotatable bonds is 2. The maximum atomic E-state index is 13.4. The molecule has 0 bridgehead atoms. The van der Waals surface area contributed by atoms with E-state index in [-0.39, 0.29) is 35.5 Å². The van der Waals surface area contributed by atoms with E-state index in [4.69, 9.17) is 9.47 Å². The van der Waals surface area contributed by atoms with Crippen molar-refractivity contribution < 1.29 is 23.5 Å². The van der Waals surface area contributed by atoms with Crippen molar-refractivity contribution in [2.75, 3.05) is 0 Å². The van der Waals surface area contributed by atoms with Crippen molar-refractivity contribution >= 4 is 12.1 Å². The maximum absolute atomic E-state index is 13.4. The number of nitrogens with zero attached hydrogens (tertiary/aromatic N) is 1. The molecule has 0 aromatic heterocycles. The monoisotopic (exact) mass is 397 g/mol. The highest BCUT2D eigenvalue weighted by molar-refractivity contribution is 5.71. The van der Waals surface area contributed by atoms with Gasteiger partial charge in [0, 0.05) is 12.1 Å². The number of esters is 1. The van der Waals surface area contributed by atoms with Gasteiger partial charge in [0.1, 0.15) is 11.4 Å². The average Bonchev–Trinajstić information content (AvgIpc) is 3.01. The second-order valence-corrected chi connectivity index (χ2v) is 7.85. The van der Waals surface area contributed by atoms with E-state index < -0.39 is 0 Å². The molecule has 0 spiro atoms. The number of carbonyl (C=O) groups excluding carboxylic acids is 2. The van der Waals surface area contributed by atoms with E-state index in [1.54, 1.807) is 19.9 Å². The number of halogens is 1. The number of ether oxygens (including phenoxy) is 2. The summed E-state index contributed by atoms with van der Waals surface area (Å²) in [7, 11) is 0. The van der Waals surface area contributed by atoms with E-state index in [2.05, 4.69) is 0 Å². The largest absolute Gasteiger partial charge is 0.460 e. The van der Waals surface area contributed by atoms with E-state index in [9.17, 15) is 14.0 Å². The standard InChI is InChI=1S/C12H14FNO2.C8H16O2.C2H6/c1-8(2)16-12(15)14-6-9-4-3-5-11(13)10(9)7-14;1-6(2)7(9)10-8(3,4)5;1-2/h3-5,8H,6-7H2,1-2H3;6H,1-5H3;1-2H3. The molecule has 1 amide bonds. The van der Waals surface area contributed by atoms with Gasteiger partial charge in [-0.15, -0.1) is 0 Å². The molecule has 0 unspecified atom stereocenters. The summed E-state index contributed by atoms with van der Waals surface area (Å²) < 4.78 is 23.5. The molecule has 0 radical (unpaired) electrons. The van der Waals surface area contributed by atoms with Gasteiger partial charge in [0.05, 0.1) is 18.6 Å². The zero-order valence-electron chi connectivity index (χ0n) is 18.8. The van der Waals surface area contributed by atoms with Crippen LogP contribution in [0.1, 0.15) is 73.4 Å². The van der Waals surface area contributed by atoms with Gasteiger partial charge in [-0.2, -0.15) is 0 Å². The van der Waals surface area contributed by atoms with Crippen molar-refractivity contribution in [1.82, 2.24) is 4.90 Å². The fraction of sp³-hybridized carbons (Fsp3) is 0.636. The van der Waals surface area contributed by atoms with E-state index in [1.807, 2.05) is 54.5 Å². The summed E-state index contributed by atoms with van der Waals surface area (Å²) in [6, 6.07) is 4.91. The lowest BCUT2D eigenvalue weighted by molar-refractivity contribution is -0.158. The molecule has 1 aliphatic rings. The Balaban J connectivity index is 0.000000528. The summed E-state index contributed by atoms with van der Waals surface area (Å²) in [6.07, 6.45) is -0.536. The van der Waals surface area contributed by atoms with Crippen LogP contribution < -0.4 is 0 Å². The summed E-state index contributed by atoms with van der Waals surface area (Å²) in [4.78, 5) is 24.1. The summed E-state index contributed by atoms with van der Waals surface area (Å²) in [5.41, 5.74) is 1.12. The van der Waals surface area contributed by atoms with Crippen molar-refractivity contribution in [1.29, 1.82) is 0 Å². The Kier molecular flexibility index (Phi) is 10.8. The SMILES string of the molecule is CC.CC(C)C(=O)OC(C)(C)C.CC(C)OC(=O)N1Cc2cccc(F)c2C1. The molecule has 6 heteroatoms. The van der Waals surface area contributed by atoms with Crippen molar-refractivity contribution in [2.24, 2.45) is 5.92 Å². The smallest absolute Gasteiger partial charge is 0.410 e. The van der Waals surface area contributed by atoms with E-state index in [0.717, 1.165) is 5.56 Å². The number of benzene rings is 1. The molecule has 5 nitrogen and oxygen atoms in total. The molecule has 0 saturated carbocycles. The number of hydrogen-bond acceptors (Lipinski definition) is 4. The minimum atomic E-state index is -0.384. The average molecular weight is 398 g/mol. The van der Waals surface area contributed by atoms with E-state index >= 15 is 0 Å². The fourth-order valence-electron chi connectivity index (χ4n) is 2.21. The van der Waals surface area contributed by atoms with Crippen molar-refractivity contribution in [2.45, 2.75) is 87.1 Å². The lowest BCUT2D eigenvalue weighted by atomic mass is 10.1. The quantitative estimate of drug-likeness (QED) is 0.601. The van der Waals surface area contributed by atoms with Gasteiger partial charge in [-0.3, -0.25) is 9.69 Å². The van der Waals surface area contributed by atoms with Crippen LogP contribution in [0.2, 0.25) is 0 Å². The van der Waals surface area contributed by atoms with Crippen LogP contribution in [-0.4, -0.2) is 28.7 Å². The molecule has 0 N–H and O–H groups in total. The minimum absolute atomic E-state index is 0.0285. The Morgan fingerprint density at radius 1 is 1.07 bits per heavy atom. The molecule has 1 aromatic rings. The highest BCUT2D eigenvalue weighted by atomic mass is 19.1. The van der Waals surface area contributed by atoms with Gasteiger partial charge < -0.3 is 9.47 Å². The third-order valence-electron chi connectivity index (χ3n) is 3.40. The third kappa shape index (κ3) is 9.20. The molecule has 1 heterocycles. The van der Waals surface area contributed by atoms with Crippen LogP contribution in [0.4, 0.5) is 9.18 Å². The highest BCUT2D eigenvalue weighted by Gasteiger charge is 2.26. The molecule has 2 rings (SSSR count). The van der Waals surface area contributed by atoms with Crippen LogP contribution in [-0.2, 0) is 27.4 Å². The van der Waals surface area contributed by atoms with Gasteiger partial charge in [-0.05, 0) is 46.2 Å². The molecule has 28 heavy (non-hydrogen) atoms. The topological polar surface area (TPSA) is 55.8 Å². The third-order valence-corrected chi connectivity index (χ3v) is 3.40. The first-order valence-corrected chi connectivity index (χ1v) is 9.85. The zero-order chi connectivity index (χ0) is 22.1. The Hall–Kier alpha value is -2.11. The van der Waals surface area contributed by atoms with Gasteiger partial charge in [0.2, 0.25) is 0 Å². The number of hydrogen-bond donors (Lipinski definition) is 0. The van der Waals surface area contributed by atoms with Crippen LogP contribution in [0.5, 0.6) is 0 Å². The Labute approximate surface area is 169 Å². The van der Waals surface area contributed by atoms with Gasteiger partial charge in [-0.1, -0.05) is 39.8 Å². The molecule has 0 saturated heterocycles. The first-order valence-electron chi connectivity index (χ1n) is 9.85. The lowest BCUT2D eigenvalue weighted by Gasteiger charge is -2.20. The molecule has 160 valence electrons. The van der Waals surface area contributed by atoms with Crippen LogP contribution in [0.15, 0.2) is 18.2 Å². The lowest BCUT2D eigenvalue weighted by Crippen LogP contribution is -2.28. The minimum Gasteiger partial charge on any atom is -0.460 e. The van der Waals surface area contributed by atoms with Crippen LogP contribution >= 0.6 is 0 Å². The van der Waals surface area contributed by atoms with Gasteiger partial charge in [-0.25, -0.2) is 9.18 Å². The first kappa shape index (κ1) is 25.9. The highest BCUT2D eigenvalue weighted by Crippen LogP contribution is 2.25. The Bertz CT molecular complexity index is 636. The number of fused-ring (bicyclic) bond motifs is 1. The van der Waals surface area contributed by atoms with Crippen LogP contribution in [0, 0.1) is 11.7 Å². The fourth-order valence-corrected chi connectivity index (χ4v) is 2.21. The predicted molar refractivity (Wildman–Crippen MR) is 109 cm³/mol. The van der Waals surface area contributed by atoms with E-state index in [0.29, 0.717) is 18.7 Å². The number of carbonyl (C=O) groups is 2. The molecule has 0 atom stereocenters. The molecular formula is C22H36FNO4. The van der Waals surface area contributed by atoms with Crippen molar-refractivity contribution in [3.63, 3.8) is 0 Å². The maximum Gasteiger partial charge on any atom is 0.410 e. The molecule has 1 aliphatic heterocycles. The molecule has 0 fully saturated rings. The Morgan fingerprint density at radius 3 is 2.04 bits per heavy atom. The van der Waals surface area contributed by atoms with Gasteiger partial charge in [0.15, 0.2) is 0 Å². The second-order valence-electron chi connectivity index (χ2n) is 7.85. The summed E-state index contributed by atoms with van der Waals surface area (Å²) >= 11 is 0. The first-order chi connectivity index (χ1) is 12.9. The van der Waals surface area contributed by atoms with Crippen molar-refractivity contribution in [3.05, 3.63) is 35.1 Å². The summed E-state index contributed by atoms with van der Waals surface area (Å²) in [5, 5.41) is 0. The zero-order valence-corrected chi connectivity index (χ0v) is 18.8. The second kappa shape index (κ2) is 11.7. The summed E-state index contributed by atoms with van der Waals surface area (Å²) in [6.45, 7) is 17.6. The summed E-state index contributed by atoms with van der Waals surface area (Å²) in [5.74, 6) is -0.413. The predicted octanol–water partition coefficient (Wildman–Crippen LogP) is 5.70. The van der Waals surface area contributed by atoms with Gasteiger partial charge in [0.25, 0.3) is 0 Å². The number of amides is 1. The van der Waals surface area contributed by atoms with Crippen molar-refractivity contribution in [3.8, 4) is 0 Å².